The fourth-order valence-electron chi connectivity index (χ4n) is 3.18. The summed E-state index contributed by atoms with van der Waals surface area (Å²) in [7, 11) is -3.54. The van der Waals surface area contributed by atoms with E-state index in [0.29, 0.717) is 6.61 Å². The molecule has 1 fully saturated rings. The molecule has 0 amide bonds. The predicted molar refractivity (Wildman–Crippen MR) is 78.8 cm³/mol. The molecule has 0 spiro atoms. The summed E-state index contributed by atoms with van der Waals surface area (Å²) >= 11 is 0. The van der Waals surface area contributed by atoms with Crippen LogP contribution in [0.3, 0.4) is 0 Å². The summed E-state index contributed by atoms with van der Waals surface area (Å²) in [5.41, 5.74) is 0.945. The number of rotatable bonds is 4. The van der Waals surface area contributed by atoms with Gasteiger partial charge in [-0.3, -0.25) is 0 Å². The van der Waals surface area contributed by atoms with E-state index in [2.05, 4.69) is 4.72 Å². The highest BCUT2D eigenvalue weighted by atomic mass is 32.2. The van der Waals surface area contributed by atoms with Crippen molar-refractivity contribution in [2.45, 2.75) is 43.0 Å². The molecule has 1 aliphatic carbocycles. The van der Waals surface area contributed by atoms with Gasteiger partial charge in [-0.05, 0) is 42.5 Å². The molecule has 21 heavy (non-hydrogen) atoms. The molecule has 116 valence electrons. The summed E-state index contributed by atoms with van der Waals surface area (Å²) in [5.74, 6) is 0.797. The van der Waals surface area contributed by atoms with Crippen LogP contribution in [0.1, 0.15) is 31.2 Å². The molecule has 2 atom stereocenters. The van der Waals surface area contributed by atoms with Gasteiger partial charge in [-0.25, -0.2) is 13.1 Å². The molecule has 6 heteroatoms. The molecule has 0 radical (unpaired) electrons. The van der Waals surface area contributed by atoms with Gasteiger partial charge in [0.2, 0.25) is 10.0 Å². The Labute approximate surface area is 125 Å². The predicted octanol–water partition coefficient (Wildman–Crippen LogP) is 1.45. The first-order chi connectivity index (χ1) is 10.1. The van der Waals surface area contributed by atoms with E-state index in [0.717, 1.165) is 43.4 Å². The maximum atomic E-state index is 12.5. The molecular weight excluding hydrogens is 290 g/mol. The number of sulfonamides is 1. The molecule has 2 N–H and O–H groups in total. The lowest BCUT2D eigenvalue weighted by Gasteiger charge is -2.30. The van der Waals surface area contributed by atoms with Crippen LogP contribution < -0.4 is 9.46 Å². The van der Waals surface area contributed by atoms with E-state index in [1.807, 2.05) is 0 Å². The Morgan fingerprint density at radius 2 is 2.10 bits per heavy atom. The van der Waals surface area contributed by atoms with Gasteiger partial charge in [0.25, 0.3) is 0 Å². The number of benzene rings is 1. The first-order valence-corrected chi connectivity index (χ1v) is 8.97. The summed E-state index contributed by atoms with van der Waals surface area (Å²) in [6.45, 7) is 0.646. The van der Waals surface area contributed by atoms with Crippen LogP contribution in [0.5, 0.6) is 5.75 Å². The third kappa shape index (κ3) is 3.07. The minimum absolute atomic E-state index is 0.0197. The molecule has 5 nitrogen and oxygen atoms in total. The van der Waals surface area contributed by atoms with Gasteiger partial charge >= 0.3 is 0 Å². The fourth-order valence-corrected chi connectivity index (χ4v) is 4.57. The van der Waals surface area contributed by atoms with Gasteiger partial charge < -0.3 is 9.84 Å². The maximum Gasteiger partial charge on any atom is 0.240 e. The Morgan fingerprint density at radius 3 is 2.90 bits per heavy atom. The van der Waals surface area contributed by atoms with Crippen LogP contribution in [0, 0.1) is 5.92 Å². The SMILES string of the molecule is O=S(=O)(NC1CCCCC1CO)c1ccc2c(c1)CCO2. The van der Waals surface area contributed by atoms with Gasteiger partial charge in [0.05, 0.1) is 11.5 Å². The number of aliphatic hydroxyl groups excluding tert-OH is 1. The molecule has 1 aliphatic heterocycles. The first kappa shape index (κ1) is 14.8. The fraction of sp³-hybridized carbons (Fsp3) is 0.600. The number of aliphatic hydroxyl groups is 1. The molecule has 3 rings (SSSR count). The Kier molecular flexibility index (Phi) is 4.19. The number of hydrogen-bond donors (Lipinski definition) is 2. The zero-order valence-corrected chi connectivity index (χ0v) is 12.7. The first-order valence-electron chi connectivity index (χ1n) is 7.49. The molecule has 1 aromatic rings. The quantitative estimate of drug-likeness (QED) is 0.882. The zero-order valence-electron chi connectivity index (χ0n) is 11.9. The van der Waals surface area contributed by atoms with Crippen molar-refractivity contribution >= 4 is 10.0 Å². The lowest BCUT2D eigenvalue weighted by atomic mass is 9.86. The largest absolute Gasteiger partial charge is 0.493 e. The minimum atomic E-state index is -3.54. The highest BCUT2D eigenvalue weighted by Crippen LogP contribution is 2.29. The molecule has 0 saturated heterocycles. The van der Waals surface area contributed by atoms with Crippen LogP contribution in [0.15, 0.2) is 23.1 Å². The van der Waals surface area contributed by atoms with E-state index in [4.69, 9.17) is 4.74 Å². The van der Waals surface area contributed by atoms with Crippen LogP contribution in [-0.4, -0.2) is 32.8 Å². The van der Waals surface area contributed by atoms with Crippen molar-refractivity contribution in [2.75, 3.05) is 13.2 Å². The number of nitrogens with one attached hydrogen (secondary N) is 1. The molecular formula is C15H21NO4S. The summed E-state index contributed by atoms with van der Waals surface area (Å²) in [6.07, 6.45) is 4.48. The molecule has 1 aromatic carbocycles. The van der Waals surface area contributed by atoms with Crippen LogP contribution in [-0.2, 0) is 16.4 Å². The number of ether oxygens (including phenoxy) is 1. The topological polar surface area (TPSA) is 75.6 Å². The van der Waals surface area contributed by atoms with Crippen LogP contribution in [0.25, 0.3) is 0 Å². The van der Waals surface area contributed by atoms with E-state index in [-0.39, 0.29) is 23.5 Å². The Bertz CT molecular complexity index is 614. The van der Waals surface area contributed by atoms with Crippen molar-refractivity contribution < 1.29 is 18.3 Å². The van der Waals surface area contributed by atoms with Gasteiger partial charge in [-0.1, -0.05) is 12.8 Å². The maximum absolute atomic E-state index is 12.5. The van der Waals surface area contributed by atoms with Crippen LogP contribution in [0.4, 0.5) is 0 Å². The normalized spacial score (nSPS) is 25.4. The molecule has 0 aromatic heterocycles. The molecule has 1 saturated carbocycles. The summed E-state index contributed by atoms with van der Waals surface area (Å²) in [4.78, 5) is 0.286. The minimum Gasteiger partial charge on any atom is -0.493 e. The summed E-state index contributed by atoms with van der Waals surface area (Å²) in [6, 6.07) is 4.84. The van der Waals surface area contributed by atoms with Gasteiger partial charge in [0.15, 0.2) is 0 Å². The lowest BCUT2D eigenvalue weighted by Crippen LogP contribution is -2.43. The average Bonchev–Trinajstić information content (AvgIpc) is 2.95. The van der Waals surface area contributed by atoms with Gasteiger partial charge in [0.1, 0.15) is 5.75 Å². The van der Waals surface area contributed by atoms with Crippen molar-refractivity contribution in [3.63, 3.8) is 0 Å². The smallest absolute Gasteiger partial charge is 0.240 e. The van der Waals surface area contributed by atoms with E-state index >= 15 is 0 Å². The van der Waals surface area contributed by atoms with Crippen molar-refractivity contribution in [1.82, 2.24) is 4.72 Å². The lowest BCUT2D eigenvalue weighted by molar-refractivity contribution is 0.164. The molecule has 2 unspecified atom stereocenters. The number of hydrogen-bond acceptors (Lipinski definition) is 4. The molecule has 0 bridgehead atoms. The van der Waals surface area contributed by atoms with Crippen LogP contribution >= 0.6 is 0 Å². The summed E-state index contributed by atoms with van der Waals surface area (Å²) in [5, 5.41) is 9.40. The summed E-state index contributed by atoms with van der Waals surface area (Å²) < 4.78 is 33.2. The highest BCUT2D eigenvalue weighted by molar-refractivity contribution is 7.89. The highest BCUT2D eigenvalue weighted by Gasteiger charge is 2.29. The van der Waals surface area contributed by atoms with Gasteiger partial charge in [-0.15, -0.1) is 0 Å². The molecule has 1 heterocycles. The van der Waals surface area contributed by atoms with Crippen LogP contribution in [0.2, 0.25) is 0 Å². The van der Waals surface area contributed by atoms with E-state index in [1.54, 1.807) is 18.2 Å². The second-order valence-electron chi connectivity index (χ2n) is 5.82. The van der Waals surface area contributed by atoms with Crippen molar-refractivity contribution in [2.24, 2.45) is 5.92 Å². The monoisotopic (exact) mass is 311 g/mol. The van der Waals surface area contributed by atoms with Crippen molar-refractivity contribution in [1.29, 1.82) is 0 Å². The second-order valence-corrected chi connectivity index (χ2v) is 7.54. The Morgan fingerprint density at radius 1 is 1.29 bits per heavy atom. The standard InChI is InChI=1S/C15H21NO4S/c17-10-12-3-1-2-4-14(12)16-21(18,19)13-5-6-15-11(9-13)7-8-20-15/h5-6,9,12,14,16-17H,1-4,7-8,10H2. The van der Waals surface area contributed by atoms with Gasteiger partial charge in [0, 0.05) is 19.1 Å². The third-order valence-electron chi connectivity index (χ3n) is 4.42. The third-order valence-corrected chi connectivity index (χ3v) is 5.91. The molecule has 2 aliphatic rings. The Balaban J connectivity index is 1.80. The number of fused-ring (bicyclic) bond motifs is 1. The Hall–Kier alpha value is -1.11. The van der Waals surface area contributed by atoms with Crippen molar-refractivity contribution in [3.05, 3.63) is 23.8 Å². The van der Waals surface area contributed by atoms with E-state index in [9.17, 15) is 13.5 Å². The van der Waals surface area contributed by atoms with E-state index in [1.165, 1.54) is 0 Å². The second kappa shape index (κ2) is 5.94. The van der Waals surface area contributed by atoms with E-state index < -0.39 is 10.0 Å². The van der Waals surface area contributed by atoms with Gasteiger partial charge in [-0.2, -0.15) is 0 Å². The van der Waals surface area contributed by atoms with Crippen molar-refractivity contribution in [3.8, 4) is 5.75 Å². The zero-order chi connectivity index (χ0) is 14.9. The average molecular weight is 311 g/mol.